The Kier molecular flexibility index (Phi) is 3.96. The number of amides is 2. The van der Waals surface area contributed by atoms with Gasteiger partial charge in [-0.25, -0.2) is 15.0 Å². The van der Waals surface area contributed by atoms with Crippen molar-refractivity contribution in [1.82, 2.24) is 15.0 Å². The first-order chi connectivity index (χ1) is 12.6. The van der Waals surface area contributed by atoms with Gasteiger partial charge >= 0.3 is 0 Å². The number of rotatable bonds is 2. The minimum absolute atomic E-state index is 0.000850. The molecule has 2 aromatic heterocycles. The van der Waals surface area contributed by atoms with Crippen LogP contribution in [0.5, 0.6) is 0 Å². The molecule has 2 amide bonds. The zero-order valence-corrected chi connectivity index (χ0v) is 15.0. The van der Waals surface area contributed by atoms with Crippen LogP contribution in [0.15, 0.2) is 42.7 Å². The molecule has 0 fully saturated rings. The Balaban J connectivity index is 1.74. The van der Waals surface area contributed by atoms with Gasteiger partial charge in [-0.15, -0.1) is 11.3 Å². The molecule has 8 heteroatoms. The number of anilines is 2. The van der Waals surface area contributed by atoms with Crippen LogP contribution < -0.4 is 9.80 Å². The quantitative estimate of drug-likeness (QED) is 0.697. The number of para-hydroxylation sites is 2. The van der Waals surface area contributed by atoms with E-state index in [0.29, 0.717) is 32.8 Å². The van der Waals surface area contributed by atoms with Gasteiger partial charge in [-0.3, -0.25) is 14.5 Å². The highest BCUT2D eigenvalue weighted by atomic mass is 32.1. The number of aryl methyl sites for hydroxylation is 1. The Labute approximate surface area is 154 Å². The molecule has 4 rings (SSSR count). The van der Waals surface area contributed by atoms with Crippen molar-refractivity contribution < 1.29 is 9.59 Å². The number of nitrogens with zero attached hydrogens (tertiary/aromatic N) is 5. The zero-order valence-electron chi connectivity index (χ0n) is 14.2. The molecule has 3 aromatic rings. The van der Waals surface area contributed by atoms with Crippen LogP contribution in [0.3, 0.4) is 0 Å². The molecule has 0 bridgehead atoms. The standard InChI is InChI=1S/C18H15N5O2S/c1-11-15(26-17(21-11)16-19-8-5-9-20-16)18(25)23-10-14(24)22(2)12-6-3-4-7-13(12)23/h3-9H,10H2,1-2H3. The van der Waals surface area contributed by atoms with Crippen molar-refractivity contribution in [3.8, 4) is 10.8 Å². The van der Waals surface area contributed by atoms with Crippen molar-refractivity contribution in [2.75, 3.05) is 23.4 Å². The Bertz CT molecular complexity index is 1000. The number of likely N-dealkylation sites (N-methyl/N-ethyl adjacent to an activating group) is 1. The van der Waals surface area contributed by atoms with E-state index in [4.69, 9.17) is 0 Å². The van der Waals surface area contributed by atoms with Crippen molar-refractivity contribution in [3.63, 3.8) is 0 Å². The summed E-state index contributed by atoms with van der Waals surface area (Å²) in [5.74, 6) is 0.108. The predicted octanol–water partition coefficient (Wildman–Crippen LogP) is 2.53. The molecule has 1 aliphatic rings. The van der Waals surface area contributed by atoms with Crippen LogP contribution in [-0.2, 0) is 4.79 Å². The van der Waals surface area contributed by atoms with Gasteiger partial charge in [0.05, 0.1) is 17.1 Å². The van der Waals surface area contributed by atoms with Gasteiger partial charge in [0.2, 0.25) is 5.91 Å². The van der Waals surface area contributed by atoms with Crippen LogP contribution in [0.4, 0.5) is 11.4 Å². The van der Waals surface area contributed by atoms with Gasteiger partial charge in [0.1, 0.15) is 11.4 Å². The van der Waals surface area contributed by atoms with E-state index in [2.05, 4.69) is 15.0 Å². The summed E-state index contributed by atoms with van der Waals surface area (Å²) in [7, 11) is 1.71. The fraction of sp³-hybridized carbons (Fsp3) is 0.167. The minimum atomic E-state index is -0.240. The first-order valence-corrected chi connectivity index (χ1v) is 8.80. The van der Waals surface area contributed by atoms with E-state index in [9.17, 15) is 9.59 Å². The van der Waals surface area contributed by atoms with E-state index < -0.39 is 0 Å². The molecule has 26 heavy (non-hydrogen) atoms. The number of hydrogen-bond acceptors (Lipinski definition) is 6. The molecule has 0 atom stereocenters. The second-order valence-electron chi connectivity index (χ2n) is 5.84. The van der Waals surface area contributed by atoms with E-state index in [1.165, 1.54) is 16.2 Å². The maximum Gasteiger partial charge on any atom is 0.270 e. The fourth-order valence-corrected chi connectivity index (χ4v) is 3.80. The monoisotopic (exact) mass is 365 g/mol. The second-order valence-corrected chi connectivity index (χ2v) is 6.84. The average molecular weight is 365 g/mol. The van der Waals surface area contributed by atoms with Gasteiger partial charge in [-0.05, 0) is 25.1 Å². The summed E-state index contributed by atoms with van der Waals surface area (Å²) in [4.78, 5) is 41.9. The van der Waals surface area contributed by atoms with Crippen LogP contribution in [0.1, 0.15) is 15.4 Å². The first kappa shape index (κ1) is 16.3. The third-order valence-corrected chi connectivity index (χ3v) is 5.34. The van der Waals surface area contributed by atoms with E-state index in [1.54, 1.807) is 37.3 Å². The lowest BCUT2D eigenvalue weighted by Gasteiger charge is -2.33. The zero-order chi connectivity index (χ0) is 18.3. The van der Waals surface area contributed by atoms with Crippen LogP contribution in [0, 0.1) is 6.92 Å². The predicted molar refractivity (Wildman–Crippen MR) is 99.4 cm³/mol. The molecule has 0 radical (unpaired) electrons. The molecule has 0 N–H and O–H groups in total. The van der Waals surface area contributed by atoms with Crippen LogP contribution >= 0.6 is 11.3 Å². The number of benzene rings is 1. The third-order valence-electron chi connectivity index (χ3n) is 4.19. The largest absolute Gasteiger partial charge is 0.312 e. The van der Waals surface area contributed by atoms with E-state index in [1.807, 2.05) is 24.3 Å². The maximum atomic E-state index is 13.2. The molecule has 0 saturated heterocycles. The van der Waals surface area contributed by atoms with Crippen LogP contribution in [-0.4, -0.2) is 40.4 Å². The number of aromatic nitrogens is 3. The molecule has 1 aromatic carbocycles. The van der Waals surface area contributed by atoms with Gasteiger partial charge < -0.3 is 4.90 Å². The number of hydrogen-bond donors (Lipinski definition) is 0. The Morgan fingerprint density at radius 1 is 1.12 bits per heavy atom. The average Bonchev–Trinajstić information content (AvgIpc) is 3.06. The summed E-state index contributed by atoms with van der Waals surface area (Å²) in [6.07, 6.45) is 3.27. The second kappa shape index (κ2) is 6.30. The van der Waals surface area contributed by atoms with E-state index >= 15 is 0 Å². The number of carbonyl (C=O) groups excluding carboxylic acids is 2. The van der Waals surface area contributed by atoms with Crippen LogP contribution in [0.25, 0.3) is 10.8 Å². The molecular formula is C18H15N5O2S. The topological polar surface area (TPSA) is 79.3 Å². The third kappa shape index (κ3) is 2.64. The minimum Gasteiger partial charge on any atom is -0.312 e. The van der Waals surface area contributed by atoms with Crippen molar-refractivity contribution in [2.45, 2.75) is 6.92 Å². The lowest BCUT2D eigenvalue weighted by molar-refractivity contribution is -0.117. The van der Waals surface area contributed by atoms with Crippen molar-refractivity contribution in [1.29, 1.82) is 0 Å². The van der Waals surface area contributed by atoms with Crippen LogP contribution in [0.2, 0.25) is 0 Å². The molecule has 130 valence electrons. The molecular weight excluding hydrogens is 350 g/mol. The summed E-state index contributed by atoms with van der Waals surface area (Å²) in [6, 6.07) is 9.09. The molecule has 0 saturated carbocycles. The van der Waals surface area contributed by atoms with Gasteiger partial charge in [0, 0.05) is 19.4 Å². The van der Waals surface area contributed by atoms with Gasteiger partial charge in [0.15, 0.2) is 10.8 Å². The lowest BCUT2D eigenvalue weighted by Crippen LogP contribution is -2.46. The summed E-state index contributed by atoms with van der Waals surface area (Å²) in [5, 5.41) is 0.584. The maximum absolute atomic E-state index is 13.2. The Hall–Kier alpha value is -3.13. The van der Waals surface area contributed by atoms with E-state index in [-0.39, 0.29) is 18.4 Å². The van der Waals surface area contributed by atoms with Gasteiger partial charge in [-0.2, -0.15) is 0 Å². The highest BCUT2D eigenvalue weighted by Gasteiger charge is 2.32. The number of thiazole rings is 1. The SMILES string of the molecule is Cc1nc(-c2ncccn2)sc1C(=O)N1CC(=O)N(C)c2ccccc21. The van der Waals surface area contributed by atoms with Crippen molar-refractivity contribution in [3.05, 3.63) is 53.3 Å². The summed E-state index contributed by atoms with van der Waals surface area (Å²) < 4.78 is 0. The van der Waals surface area contributed by atoms with E-state index in [0.717, 1.165) is 0 Å². The number of fused-ring (bicyclic) bond motifs is 1. The van der Waals surface area contributed by atoms with Gasteiger partial charge in [-0.1, -0.05) is 12.1 Å². The number of carbonyl (C=O) groups is 2. The molecule has 7 nitrogen and oxygen atoms in total. The molecule has 3 heterocycles. The molecule has 0 spiro atoms. The highest BCUT2D eigenvalue weighted by molar-refractivity contribution is 7.17. The molecule has 0 aliphatic carbocycles. The first-order valence-electron chi connectivity index (χ1n) is 7.98. The summed E-state index contributed by atoms with van der Waals surface area (Å²) >= 11 is 1.24. The van der Waals surface area contributed by atoms with Crippen molar-refractivity contribution in [2.24, 2.45) is 0 Å². The smallest absolute Gasteiger partial charge is 0.270 e. The van der Waals surface area contributed by atoms with Gasteiger partial charge in [0.25, 0.3) is 5.91 Å². The lowest BCUT2D eigenvalue weighted by atomic mass is 10.1. The fourth-order valence-electron chi connectivity index (χ4n) is 2.84. The summed E-state index contributed by atoms with van der Waals surface area (Å²) in [5.41, 5.74) is 2.03. The molecule has 0 unspecified atom stereocenters. The molecule has 1 aliphatic heterocycles. The van der Waals surface area contributed by atoms with Crippen molar-refractivity contribution >= 4 is 34.5 Å². The highest BCUT2D eigenvalue weighted by Crippen LogP contribution is 2.35. The normalized spacial score (nSPS) is 13.7. The summed E-state index contributed by atoms with van der Waals surface area (Å²) in [6.45, 7) is 1.78. The Morgan fingerprint density at radius 2 is 1.81 bits per heavy atom. The Morgan fingerprint density at radius 3 is 2.54 bits per heavy atom.